The highest BCUT2D eigenvalue weighted by molar-refractivity contribution is 6.01. The minimum absolute atomic E-state index is 0.222. The largest absolute Gasteiger partial charge is 0.493 e. The molecule has 0 unspecified atom stereocenters. The van der Waals surface area contributed by atoms with Crippen LogP contribution in [0, 0.1) is 0 Å². The van der Waals surface area contributed by atoms with Crippen molar-refractivity contribution in [2.75, 3.05) is 28.4 Å². The van der Waals surface area contributed by atoms with Crippen molar-refractivity contribution in [1.82, 2.24) is 10.9 Å². The number of hydrogen-bond donors (Lipinski definition) is 2. The van der Waals surface area contributed by atoms with Crippen LogP contribution in [-0.4, -0.2) is 40.3 Å². The molecule has 26 heavy (non-hydrogen) atoms. The molecule has 0 heterocycles. The molecule has 138 valence electrons. The Balaban J connectivity index is 2.11. The van der Waals surface area contributed by atoms with Gasteiger partial charge in [-0.2, -0.15) is 0 Å². The highest BCUT2D eigenvalue weighted by atomic mass is 16.5. The molecule has 0 bridgehead atoms. The fourth-order valence-electron chi connectivity index (χ4n) is 2.30. The van der Waals surface area contributed by atoms with Crippen molar-refractivity contribution in [2.24, 2.45) is 0 Å². The van der Waals surface area contributed by atoms with Gasteiger partial charge in [0.2, 0.25) is 0 Å². The van der Waals surface area contributed by atoms with E-state index in [2.05, 4.69) is 10.9 Å². The molecule has 2 aromatic rings. The molecule has 0 fully saturated rings. The first-order valence-electron chi connectivity index (χ1n) is 7.59. The molecule has 0 atom stereocenters. The molecular weight excluding hydrogens is 340 g/mol. The molecule has 2 amide bonds. The van der Waals surface area contributed by atoms with Gasteiger partial charge in [-0.05, 0) is 30.3 Å². The number of carbonyl (C=O) groups excluding carboxylic acids is 2. The third-order valence-corrected chi connectivity index (χ3v) is 3.58. The second-order valence-corrected chi connectivity index (χ2v) is 5.02. The lowest BCUT2D eigenvalue weighted by molar-refractivity contribution is 0.0844. The van der Waals surface area contributed by atoms with Gasteiger partial charge in [0.05, 0.1) is 34.0 Å². The lowest BCUT2D eigenvalue weighted by atomic mass is 10.1. The van der Waals surface area contributed by atoms with E-state index in [0.717, 1.165) is 0 Å². The average molecular weight is 360 g/mol. The Morgan fingerprint density at radius 3 is 2.00 bits per heavy atom. The summed E-state index contributed by atoms with van der Waals surface area (Å²) in [5, 5.41) is 0. The van der Waals surface area contributed by atoms with E-state index in [1.165, 1.54) is 34.5 Å². The van der Waals surface area contributed by atoms with E-state index in [1.54, 1.807) is 30.3 Å². The van der Waals surface area contributed by atoms with E-state index in [0.29, 0.717) is 22.8 Å². The predicted molar refractivity (Wildman–Crippen MR) is 94.0 cm³/mol. The Morgan fingerprint density at radius 1 is 0.731 bits per heavy atom. The number of carbonyl (C=O) groups is 2. The van der Waals surface area contributed by atoms with Gasteiger partial charge in [0, 0.05) is 5.56 Å². The number of nitrogens with one attached hydrogen (secondary N) is 2. The first-order chi connectivity index (χ1) is 12.5. The third kappa shape index (κ3) is 3.97. The Morgan fingerprint density at radius 2 is 1.38 bits per heavy atom. The maximum absolute atomic E-state index is 12.3. The number of methoxy groups -OCH3 is 4. The van der Waals surface area contributed by atoms with Crippen molar-refractivity contribution in [1.29, 1.82) is 0 Å². The average Bonchev–Trinajstić information content (AvgIpc) is 2.70. The molecule has 0 spiro atoms. The maximum Gasteiger partial charge on any atom is 0.273 e. The standard InChI is InChI=1S/C18H20N2O6/c1-23-13-9-8-11(10-15(13)25-3)17(21)19-20-18(22)12-6-5-7-14(24-2)16(12)26-4/h5-10H,1-4H3,(H,19,21)(H,20,22). The maximum atomic E-state index is 12.3. The lowest BCUT2D eigenvalue weighted by Crippen LogP contribution is -2.41. The van der Waals surface area contributed by atoms with E-state index in [9.17, 15) is 9.59 Å². The van der Waals surface area contributed by atoms with Gasteiger partial charge in [0.15, 0.2) is 23.0 Å². The fourth-order valence-corrected chi connectivity index (χ4v) is 2.30. The molecular formula is C18H20N2O6. The summed E-state index contributed by atoms with van der Waals surface area (Å²) in [5.74, 6) is 0.519. The summed E-state index contributed by atoms with van der Waals surface area (Å²) in [6.07, 6.45) is 0. The first kappa shape index (κ1) is 18.9. The minimum Gasteiger partial charge on any atom is -0.493 e. The van der Waals surface area contributed by atoms with Gasteiger partial charge in [-0.3, -0.25) is 20.4 Å². The van der Waals surface area contributed by atoms with E-state index in [4.69, 9.17) is 18.9 Å². The summed E-state index contributed by atoms with van der Waals surface area (Å²) in [7, 11) is 5.87. The molecule has 2 rings (SSSR count). The van der Waals surface area contributed by atoms with Crippen LogP contribution in [0.2, 0.25) is 0 Å². The summed E-state index contributed by atoms with van der Waals surface area (Å²) in [6.45, 7) is 0. The van der Waals surface area contributed by atoms with Crippen molar-refractivity contribution in [2.45, 2.75) is 0 Å². The van der Waals surface area contributed by atoms with Gasteiger partial charge >= 0.3 is 0 Å². The lowest BCUT2D eigenvalue weighted by Gasteiger charge is -2.13. The van der Waals surface area contributed by atoms with Crippen LogP contribution in [0.15, 0.2) is 36.4 Å². The van der Waals surface area contributed by atoms with Crippen LogP contribution in [-0.2, 0) is 0 Å². The molecule has 2 N–H and O–H groups in total. The zero-order chi connectivity index (χ0) is 19.1. The fraction of sp³-hybridized carbons (Fsp3) is 0.222. The Bertz CT molecular complexity index is 806. The number of ether oxygens (including phenoxy) is 4. The second kappa shape index (κ2) is 8.61. The molecule has 0 aliphatic carbocycles. The summed E-state index contributed by atoms with van der Waals surface area (Å²) in [5.41, 5.74) is 5.20. The van der Waals surface area contributed by atoms with E-state index in [-0.39, 0.29) is 11.3 Å². The molecule has 0 saturated carbocycles. The van der Waals surface area contributed by atoms with Crippen LogP contribution in [0.3, 0.4) is 0 Å². The van der Waals surface area contributed by atoms with Crippen LogP contribution in [0.5, 0.6) is 23.0 Å². The van der Waals surface area contributed by atoms with Gasteiger partial charge < -0.3 is 18.9 Å². The van der Waals surface area contributed by atoms with Crippen molar-refractivity contribution >= 4 is 11.8 Å². The molecule has 0 aromatic heterocycles. The predicted octanol–water partition coefficient (Wildman–Crippen LogP) is 1.80. The van der Waals surface area contributed by atoms with E-state index < -0.39 is 11.8 Å². The molecule has 0 radical (unpaired) electrons. The molecule has 2 aromatic carbocycles. The summed E-state index contributed by atoms with van der Waals surface area (Å²) >= 11 is 0. The minimum atomic E-state index is -0.547. The van der Waals surface area contributed by atoms with E-state index >= 15 is 0 Å². The Labute approximate surface area is 151 Å². The number of hydrogen-bond acceptors (Lipinski definition) is 6. The van der Waals surface area contributed by atoms with Crippen LogP contribution in [0.4, 0.5) is 0 Å². The summed E-state index contributed by atoms with van der Waals surface area (Å²) in [6, 6.07) is 9.52. The smallest absolute Gasteiger partial charge is 0.273 e. The monoisotopic (exact) mass is 360 g/mol. The number of amides is 2. The molecule has 0 aliphatic rings. The first-order valence-corrected chi connectivity index (χ1v) is 7.59. The molecule has 0 saturated heterocycles. The highest BCUT2D eigenvalue weighted by Crippen LogP contribution is 2.30. The highest BCUT2D eigenvalue weighted by Gasteiger charge is 2.17. The number of rotatable bonds is 6. The summed E-state index contributed by atoms with van der Waals surface area (Å²) in [4.78, 5) is 24.6. The number of benzene rings is 2. The van der Waals surface area contributed by atoms with Gasteiger partial charge in [-0.15, -0.1) is 0 Å². The quantitative estimate of drug-likeness (QED) is 0.763. The van der Waals surface area contributed by atoms with Crippen LogP contribution >= 0.6 is 0 Å². The number of hydrazine groups is 1. The Hall–Kier alpha value is -3.42. The van der Waals surface area contributed by atoms with Gasteiger partial charge in [-0.1, -0.05) is 6.07 Å². The third-order valence-electron chi connectivity index (χ3n) is 3.58. The Kier molecular flexibility index (Phi) is 6.26. The van der Waals surface area contributed by atoms with Gasteiger partial charge in [-0.25, -0.2) is 0 Å². The van der Waals surface area contributed by atoms with Crippen molar-refractivity contribution in [3.8, 4) is 23.0 Å². The second-order valence-electron chi connectivity index (χ2n) is 5.02. The zero-order valence-electron chi connectivity index (χ0n) is 14.9. The van der Waals surface area contributed by atoms with Crippen LogP contribution < -0.4 is 29.8 Å². The topological polar surface area (TPSA) is 95.1 Å². The number of para-hydroxylation sites is 1. The molecule has 0 aliphatic heterocycles. The summed E-state index contributed by atoms with van der Waals surface area (Å²) < 4.78 is 20.6. The van der Waals surface area contributed by atoms with Crippen LogP contribution in [0.1, 0.15) is 20.7 Å². The van der Waals surface area contributed by atoms with Crippen molar-refractivity contribution in [3.63, 3.8) is 0 Å². The van der Waals surface area contributed by atoms with Crippen molar-refractivity contribution < 1.29 is 28.5 Å². The van der Waals surface area contributed by atoms with Gasteiger partial charge in [0.25, 0.3) is 11.8 Å². The normalized spacial score (nSPS) is 9.85. The molecule has 8 heteroatoms. The van der Waals surface area contributed by atoms with Crippen LogP contribution in [0.25, 0.3) is 0 Å². The van der Waals surface area contributed by atoms with Gasteiger partial charge in [0.1, 0.15) is 0 Å². The van der Waals surface area contributed by atoms with Crippen molar-refractivity contribution in [3.05, 3.63) is 47.5 Å². The zero-order valence-corrected chi connectivity index (χ0v) is 14.9. The molecule has 8 nitrogen and oxygen atoms in total. The van der Waals surface area contributed by atoms with E-state index in [1.807, 2.05) is 0 Å². The SMILES string of the molecule is COc1ccc(C(=O)NNC(=O)c2cccc(OC)c2OC)cc1OC.